The first-order valence-electron chi connectivity index (χ1n) is 9.20. The number of halogens is 1. The van der Waals surface area contributed by atoms with Crippen LogP contribution in [0.15, 0.2) is 59.4 Å². The molecule has 1 aliphatic rings. The molecule has 3 aromatic rings. The third-order valence-electron chi connectivity index (χ3n) is 4.69. The average molecular weight is 398 g/mol. The number of amides is 1. The molecule has 1 saturated heterocycles. The first-order valence-corrected chi connectivity index (χ1v) is 9.58. The Labute approximate surface area is 168 Å². The molecule has 3 heterocycles. The molecule has 0 unspecified atom stereocenters. The van der Waals surface area contributed by atoms with Crippen LogP contribution >= 0.6 is 11.6 Å². The Kier molecular flexibility index (Phi) is 5.58. The summed E-state index contributed by atoms with van der Waals surface area (Å²) in [5.41, 5.74) is 1.06. The van der Waals surface area contributed by atoms with E-state index in [9.17, 15) is 4.79 Å². The van der Waals surface area contributed by atoms with Crippen LogP contribution in [0.2, 0.25) is 5.02 Å². The van der Waals surface area contributed by atoms with Crippen LogP contribution in [0.4, 0.5) is 0 Å². The highest BCUT2D eigenvalue weighted by atomic mass is 35.5. The van der Waals surface area contributed by atoms with Gasteiger partial charge in [0.1, 0.15) is 17.6 Å². The molecule has 0 bridgehead atoms. The summed E-state index contributed by atoms with van der Waals surface area (Å²) < 4.78 is 11.5. The molecule has 0 saturated carbocycles. The third-order valence-corrected chi connectivity index (χ3v) is 4.93. The normalized spacial score (nSPS) is 16.3. The maximum Gasteiger partial charge on any atom is 0.261 e. The highest BCUT2D eigenvalue weighted by Gasteiger charge is 2.33. The minimum absolute atomic E-state index is 0.0295. The van der Waals surface area contributed by atoms with E-state index in [-0.39, 0.29) is 18.6 Å². The molecule has 2 aromatic heterocycles. The molecule has 0 spiro atoms. The lowest BCUT2D eigenvalue weighted by Gasteiger charge is -2.22. The van der Waals surface area contributed by atoms with Crippen LogP contribution < -0.4 is 4.74 Å². The molecule has 6 nitrogen and oxygen atoms in total. The summed E-state index contributed by atoms with van der Waals surface area (Å²) in [4.78, 5) is 22.8. The smallest absolute Gasteiger partial charge is 0.261 e. The summed E-state index contributed by atoms with van der Waals surface area (Å²) in [5.74, 6) is 1.82. The van der Waals surface area contributed by atoms with E-state index in [1.54, 1.807) is 35.6 Å². The molecule has 1 amide bonds. The summed E-state index contributed by atoms with van der Waals surface area (Å²) in [6.45, 7) is 0.643. The van der Waals surface area contributed by atoms with Gasteiger partial charge in [0.15, 0.2) is 6.61 Å². The minimum atomic E-state index is -0.155. The number of likely N-dealkylation sites (tertiary alicyclic amines) is 1. The number of benzene rings is 1. The number of carbonyl (C=O) groups is 1. The number of ether oxygens (including phenoxy) is 1. The molecule has 0 N–H and O–H groups in total. The molecule has 1 fully saturated rings. The maximum atomic E-state index is 12.6. The molecular weight excluding hydrogens is 378 g/mol. The standard InChI is InChI=1S/C21H20ClN3O3/c22-16-5-1-4-15(10-16)11-18-13-24-21(28-18)19-7-3-9-25(19)20(26)14-27-17-6-2-8-23-12-17/h1-2,4-6,8,10,12-13,19H,3,7,9,11,14H2/t19-/m0/s1. The number of nitrogens with zero attached hydrogens (tertiary/aromatic N) is 3. The Morgan fingerprint density at radius 2 is 2.21 bits per heavy atom. The van der Waals surface area contributed by atoms with Crippen molar-refractivity contribution in [2.75, 3.05) is 13.2 Å². The second-order valence-electron chi connectivity index (χ2n) is 6.69. The van der Waals surface area contributed by atoms with Crippen molar-refractivity contribution in [1.82, 2.24) is 14.9 Å². The molecule has 144 valence electrons. The van der Waals surface area contributed by atoms with E-state index >= 15 is 0 Å². The van der Waals surface area contributed by atoms with E-state index in [1.165, 1.54) is 0 Å². The predicted molar refractivity (Wildman–Crippen MR) is 104 cm³/mol. The van der Waals surface area contributed by atoms with Crippen LogP contribution in [0.25, 0.3) is 0 Å². The van der Waals surface area contributed by atoms with Crippen molar-refractivity contribution >= 4 is 17.5 Å². The van der Waals surface area contributed by atoms with Crippen LogP contribution in [0.1, 0.15) is 36.1 Å². The molecule has 1 atom stereocenters. The van der Waals surface area contributed by atoms with Crippen molar-refractivity contribution in [3.8, 4) is 5.75 Å². The topological polar surface area (TPSA) is 68.5 Å². The highest BCUT2D eigenvalue weighted by molar-refractivity contribution is 6.30. The van der Waals surface area contributed by atoms with Crippen molar-refractivity contribution in [2.45, 2.75) is 25.3 Å². The first kappa shape index (κ1) is 18.5. The van der Waals surface area contributed by atoms with Crippen molar-refractivity contribution in [1.29, 1.82) is 0 Å². The van der Waals surface area contributed by atoms with Crippen LogP contribution in [0.5, 0.6) is 5.75 Å². The third kappa shape index (κ3) is 4.34. The molecule has 0 radical (unpaired) electrons. The van der Waals surface area contributed by atoms with Gasteiger partial charge in [0.25, 0.3) is 5.91 Å². The molecule has 4 rings (SSSR count). The van der Waals surface area contributed by atoms with Crippen molar-refractivity contribution in [3.05, 3.63) is 77.2 Å². The SMILES string of the molecule is O=C(COc1cccnc1)N1CCC[C@H]1c1ncc(Cc2cccc(Cl)c2)o1. The van der Waals surface area contributed by atoms with Crippen molar-refractivity contribution in [2.24, 2.45) is 0 Å². The molecule has 1 aliphatic heterocycles. The number of carbonyl (C=O) groups excluding carboxylic acids is 1. The first-order chi connectivity index (χ1) is 13.7. The molecular formula is C21H20ClN3O3. The van der Waals surface area contributed by atoms with Gasteiger partial charge in [-0.2, -0.15) is 0 Å². The van der Waals surface area contributed by atoms with E-state index in [4.69, 9.17) is 20.8 Å². The summed E-state index contributed by atoms with van der Waals surface area (Å²) >= 11 is 6.04. The molecule has 0 aliphatic carbocycles. The van der Waals surface area contributed by atoms with Crippen LogP contribution in [0.3, 0.4) is 0 Å². The fraction of sp³-hybridized carbons (Fsp3) is 0.286. The average Bonchev–Trinajstić information content (AvgIpc) is 3.36. The fourth-order valence-corrected chi connectivity index (χ4v) is 3.60. The van der Waals surface area contributed by atoms with E-state index < -0.39 is 0 Å². The van der Waals surface area contributed by atoms with Gasteiger partial charge in [-0.05, 0) is 42.7 Å². The van der Waals surface area contributed by atoms with E-state index in [0.717, 1.165) is 24.2 Å². The highest BCUT2D eigenvalue weighted by Crippen LogP contribution is 2.32. The zero-order valence-corrected chi connectivity index (χ0v) is 16.0. The van der Waals surface area contributed by atoms with Crippen molar-refractivity contribution < 1.29 is 13.9 Å². The number of aromatic nitrogens is 2. The van der Waals surface area contributed by atoms with Crippen LogP contribution in [-0.4, -0.2) is 33.9 Å². The van der Waals surface area contributed by atoms with Gasteiger partial charge in [-0.25, -0.2) is 4.98 Å². The van der Waals surface area contributed by atoms with Crippen LogP contribution in [0, 0.1) is 0 Å². The van der Waals surface area contributed by atoms with E-state index in [0.29, 0.717) is 29.6 Å². The van der Waals surface area contributed by atoms with Crippen molar-refractivity contribution in [3.63, 3.8) is 0 Å². The van der Waals surface area contributed by atoms with Gasteiger partial charge in [-0.1, -0.05) is 23.7 Å². The molecule has 1 aromatic carbocycles. The lowest BCUT2D eigenvalue weighted by molar-refractivity contribution is -0.134. The number of pyridine rings is 1. The molecule has 7 heteroatoms. The largest absolute Gasteiger partial charge is 0.482 e. The number of hydrogen-bond donors (Lipinski definition) is 0. The lowest BCUT2D eigenvalue weighted by atomic mass is 10.1. The van der Waals surface area contributed by atoms with Gasteiger partial charge in [0.2, 0.25) is 5.89 Å². The predicted octanol–water partition coefficient (Wildman–Crippen LogP) is 4.06. The Morgan fingerprint density at radius 1 is 1.29 bits per heavy atom. The fourth-order valence-electron chi connectivity index (χ4n) is 3.39. The minimum Gasteiger partial charge on any atom is -0.482 e. The second-order valence-corrected chi connectivity index (χ2v) is 7.13. The Bertz CT molecular complexity index is 945. The van der Waals surface area contributed by atoms with Gasteiger partial charge >= 0.3 is 0 Å². The summed E-state index contributed by atoms with van der Waals surface area (Å²) in [6.07, 6.45) is 7.33. The number of oxazole rings is 1. The van der Waals surface area contributed by atoms with Gasteiger partial charge in [0, 0.05) is 24.2 Å². The van der Waals surface area contributed by atoms with Gasteiger partial charge in [-0.3, -0.25) is 9.78 Å². The van der Waals surface area contributed by atoms with Gasteiger partial charge in [0.05, 0.1) is 12.4 Å². The second kappa shape index (κ2) is 8.44. The van der Waals surface area contributed by atoms with E-state index in [1.807, 2.05) is 24.3 Å². The van der Waals surface area contributed by atoms with E-state index in [2.05, 4.69) is 9.97 Å². The summed E-state index contributed by atoms with van der Waals surface area (Å²) in [6, 6.07) is 11.0. The monoisotopic (exact) mass is 397 g/mol. The van der Waals surface area contributed by atoms with Crippen LogP contribution in [-0.2, 0) is 11.2 Å². The zero-order valence-electron chi connectivity index (χ0n) is 15.3. The van der Waals surface area contributed by atoms with Gasteiger partial charge in [-0.15, -0.1) is 0 Å². The zero-order chi connectivity index (χ0) is 19.3. The Balaban J connectivity index is 1.40. The maximum absolute atomic E-state index is 12.6. The quantitative estimate of drug-likeness (QED) is 0.627. The Morgan fingerprint density at radius 3 is 3.04 bits per heavy atom. The number of rotatable bonds is 6. The van der Waals surface area contributed by atoms with Gasteiger partial charge < -0.3 is 14.1 Å². The summed E-state index contributed by atoms with van der Waals surface area (Å²) in [7, 11) is 0. The lowest BCUT2D eigenvalue weighted by Crippen LogP contribution is -2.34. The Hall–Kier alpha value is -2.86. The number of hydrogen-bond acceptors (Lipinski definition) is 5. The molecule has 28 heavy (non-hydrogen) atoms. The summed E-state index contributed by atoms with van der Waals surface area (Å²) in [5, 5.41) is 0.693.